The maximum atomic E-state index is 12.4. The van der Waals surface area contributed by atoms with Gasteiger partial charge in [-0.05, 0) is 44.4 Å². The van der Waals surface area contributed by atoms with Gasteiger partial charge in [-0.15, -0.1) is 0 Å². The summed E-state index contributed by atoms with van der Waals surface area (Å²) in [4.78, 5) is 28.4. The molecule has 0 N–H and O–H groups in total. The topological polar surface area (TPSA) is 63.9 Å². The van der Waals surface area contributed by atoms with E-state index in [-0.39, 0.29) is 5.56 Å². The summed E-state index contributed by atoms with van der Waals surface area (Å²) in [5.41, 5.74) is 2.27. The summed E-state index contributed by atoms with van der Waals surface area (Å²) in [6.07, 6.45) is 12.4. The zero-order valence-electron chi connectivity index (χ0n) is 15.0. The Morgan fingerprint density at radius 2 is 1.65 bits per heavy atom. The van der Waals surface area contributed by atoms with Crippen LogP contribution in [0.15, 0.2) is 29.6 Å². The van der Waals surface area contributed by atoms with Gasteiger partial charge in [0, 0.05) is 49.9 Å². The van der Waals surface area contributed by atoms with Gasteiger partial charge in [0.25, 0.3) is 5.56 Å². The first-order chi connectivity index (χ1) is 12.8. The molecule has 1 aliphatic heterocycles. The molecular formula is C20H25N5O. The Morgan fingerprint density at radius 1 is 0.923 bits per heavy atom. The number of hydrogen-bond acceptors (Lipinski definition) is 5. The molecular weight excluding hydrogens is 326 g/mol. The maximum Gasteiger partial charge on any atom is 0.253 e. The van der Waals surface area contributed by atoms with Gasteiger partial charge in [0.1, 0.15) is 0 Å². The largest absolute Gasteiger partial charge is 0.355 e. The lowest BCUT2D eigenvalue weighted by Gasteiger charge is -2.33. The molecule has 136 valence electrons. The van der Waals surface area contributed by atoms with Crippen LogP contribution in [-0.4, -0.2) is 32.6 Å². The fourth-order valence-corrected chi connectivity index (χ4v) is 4.01. The minimum Gasteiger partial charge on any atom is -0.355 e. The number of hydrogen-bond donors (Lipinski definition) is 0. The predicted molar refractivity (Wildman–Crippen MR) is 99.4 cm³/mol. The molecule has 0 spiro atoms. The van der Waals surface area contributed by atoms with E-state index in [9.17, 15) is 4.79 Å². The van der Waals surface area contributed by atoms with Crippen LogP contribution in [0, 0.1) is 5.92 Å². The molecule has 6 nitrogen and oxygen atoms in total. The number of anilines is 1. The molecule has 2 saturated carbocycles. The van der Waals surface area contributed by atoms with Crippen LogP contribution in [0.3, 0.4) is 0 Å². The Bertz CT molecular complexity index is 847. The van der Waals surface area contributed by atoms with Gasteiger partial charge < -0.3 is 4.90 Å². The molecule has 1 saturated heterocycles. The van der Waals surface area contributed by atoms with Crippen LogP contribution in [0.1, 0.15) is 61.7 Å². The highest BCUT2D eigenvalue weighted by Gasteiger charge is 2.31. The summed E-state index contributed by atoms with van der Waals surface area (Å²) < 4.78 is 1.80. The van der Waals surface area contributed by atoms with Crippen LogP contribution in [0.5, 0.6) is 0 Å². The molecule has 3 aliphatic rings. The van der Waals surface area contributed by atoms with Crippen LogP contribution in [0.2, 0.25) is 0 Å². The van der Waals surface area contributed by atoms with Crippen LogP contribution in [0.4, 0.5) is 5.82 Å². The van der Waals surface area contributed by atoms with E-state index >= 15 is 0 Å². The monoisotopic (exact) mass is 351 g/mol. The summed E-state index contributed by atoms with van der Waals surface area (Å²) in [6, 6.07) is 1.74. The van der Waals surface area contributed by atoms with E-state index in [0.29, 0.717) is 17.8 Å². The highest BCUT2D eigenvalue weighted by Crippen LogP contribution is 2.42. The quantitative estimate of drug-likeness (QED) is 0.829. The molecule has 2 aromatic heterocycles. The minimum absolute atomic E-state index is 0.106. The third-order valence-electron chi connectivity index (χ3n) is 5.94. The standard InChI is InChI=1S/C20H25N5O/c26-18-11-17(15-1-2-15)23-13-25(18)12-14-5-9-24(10-6-14)20-19(16-3-4-16)21-7-8-22-20/h7-8,11,13-16H,1-6,9-10,12H2. The SMILES string of the molecule is O=c1cc(C2CC2)ncn1CC1CCN(c2nccnc2C2CC2)CC1. The van der Waals surface area contributed by atoms with Crippen molar-refractivity contribution in [2.75, 3.05) is 18.0 Å². The molecule has 0 aromatic carbocycles. The lowest BCUT2D eigenvalue weighted by molar-refractivity contribution is 0.349. The van der Waals surface area contributed by atoms with E-state index in [4.69, 9.17) is 0 Å². The van der Waals surface area contributed by atoms with E-state index in [2.05, 4.69) is 19.9 Å². The van der Waals surface area contributed by atoms with Crippen LogP contribution in [0.25, 0.3) is 0 Å². The zero-order valence-corrected chi connectivity index (χ0v) is 15.0. The van der Waals surface area contributed by atoms with Gasteiger partial charge in [-0.25, -0.2) is 9.97 Å². The summed E-state index contributed by atoms with van der Waals surface area (Å²) >= 11 is 0. The molecule has 0 atom stereocenters. The van der Waals surface area contributed by atoms with E-state index in [0.717, 1.165) is 44.0 Å². The van der Waals surface area contributed by atoms with Gasteiger partial charge in [0.05, 0.1) is 17.7 Å². The normalized spacial score (nSPS) is 21.2. The molecule has 0 radical (unpaired) electrons. The van der Waals surface area contributed by atoms with Gasteiger partial charge in [-0.3, -0.25) is 14.3 Å². The van der Waals surface area contributed by atoms with Gasteiger partial charge in [-0.2, -0.15) is 0 Å². The zero-order chi connectivity index (χ0) is 17.5. The van der Waals surface area contributed by atoms with Crippen molar-refractivity contribution in [3.05, 3.63) is 46.5 Å². The van der Waals surface area contributed by atoms with Crippen molar-refractivity contribution in [3.63, 3.8) is 0 Å². The molecule has 0 amide bonds. The van der Waals surface area contributed by atoms with Crippen LogP contribution < -0.4 is 10.5 Å². The van der Waals surface area contributed by atoms with Crippen molar-refractivity contribution in [2.24, 2.45) is 5.92 Å². The third-order valence-corrected chi connectivity index (χ3v) is 5.94. The van der Waals surface area contributed by atoms with Crippen molar-refractivity contribution in [1.29, 1.82) is 0 Å². The summed E-state index contributed by atoms with van der Waals surface area (Å²) in [5.74, 6) is 2.76. The Morgan fingerprint density at radius 3 is 2.35 bits per heavy atom. The first kappa shape index (κ1) is 16.0. The Kier molecular flexibility index (Phi) is 3.98. The summed E-state index contributed by atoms with van der Waals surface area (Å²) in [5, 5.41) is 0. The summed E-state index contributed by atoms with van der Waals surface area (Å²) in [7, 11) is 0. The molecule has 6 heteroatoms. The Balaban J connectivity index is 1.23. The molecule has 3 fully saturated rings. The highest BCUT2D eigenvalue weighted by molar-refractivity contribution is 5.46. The highest BCUT2D eigenvalue weighted by atomic mass is 16.1. The smallest absolute Gasteiger partial charge is 0.253 e. The van der Waals surface area contributed by atoms with Crippen LogP contribution in [-0.2, 0) is 6.54 Å². The Hall–Kier alpha value is -2.24. The van der Waals surface area contributed by atoms with Crippen molar-refractivity contribution in [2.45, 2.75) is 56.9 Å². The molecule has 0 unspecified atom stereocenters. The molecule has 2 aromatic rings. The fraction of sp³-hybridized carbons (Fsp3) is 0.600. The molecule has 0 bridgehead atoms. The van der Waals surface area contributed by atoms with Gasteiger partial charge in [-0.1, -0.05) is 0 Å². The second kappa shape index (κ2) is 6.49. The molecule has 26 heavy (non-hydrogen) atoms. The second-order valence-corrected chi connectivity index (χ2v) is 8.05. The van der Waals surface area contributed by atoms with Crippen molar-refractivity contribution >= 4 is 5.82 Å². The molecule has 5 rings (SSSR count). The lowest BCUT2D eigenvalue weighted by atomic mass is 9.96. The number of aromatic nitrogens is 4. The predicted octanol–water partition coefficient (Wildman–Crippen LogP) is 2.70. The number of nitrogens with zero attached hydrogens (tertiary/aromatic N) is 5. The van der Waals surface area contributed by atoms with Crippen molar-refractivity contribution in [1.82, 2.24) is 19.5 Å². The maximum absolute atomic E-state index is 12.4. The average Bonchev–Trinajstić information content (AvgIpc) is 3.57. The van der Waals surface area contributed by atoms with Gasteiger partial charge >= 0.3 is 0 Å². The van der Waals surface area contributed by atoms with Gasteiger partial charge in [0.15, 0.2) is 5.82 Å². The van der Waals surface area contributed by atoms with Crippen molar-refractivity contribution < 1.29 is 0 Å². The fourth-order valence-electron chi connectivity index (χ4n) is 4.01. The molecule has 3 heterocycles. The van der Waals surface area contributed by atoms with E-state index in [1.54, 1.807) is 23.2 Å². The third kappa shape index (κ3) is 3.24. The second-order valence-electron chi connectivity index (χ2n) is 8.05. The first-order valence-electron chi connectivity index (χ1n) is 9.90. The van der Waals surface area contributed by atoms with Crippen molar-refractivity contribution in [3.8, 4) is 0 Å². The molecule has 2 aliphatic carbocycles. The first-order valence-corrected chi connectivity index (χ1v) is 9.90. The lowest BCUT2D eigenvalue weighted by Crippen LogP contribution is -2.37. The van der Waals surface area contributed by atoms with E-state index in [1.165, 1.54) is 31.4 Å². The summed E-state index contributed by atoms with van der Waals surface area (Å²) in [6.45, 7) is 2.76. The van der Waals surface area contributed by atoms with Gasteiger partial charge in [0.2, 0.25) is 0 Å². The average molecular weight is 351 g/mol. The minimum atomic E-state index is 0.106. The van der Waals surface area contributed by atoms with E-state index in [1.807, 2.05) is 6.20 Å². The van der Waals surface area contributed by atoms with Crippen LogP contribution >= 0.6 is 0 Å². The van der Waals surface area contributed by atoms with E-state index < -0.39 is 0 Å². The number of piperidine rings is 1. The number of rotatable bonds is 5. The Labute approximate surface area is 153 Å².